The highest BCUT2D eigenvalue weighted by Gasteiger charge is 2.45. The van der Waals surface area contributed by atoms with Gasteiger partial charge in [-0.1, -0.05) is 0 Å². The van der Waals surface area contributed by atoms with Crippen molar-refractivity contribution in [2.45, 2.75) is 31.7 Å². The first-order valence-corrected chi connectivity index (χ1v) is 7.55. The van der Waals surface area contributed by atoms with Crippen LogP contribution in [0.1, 0.15) is 25.5 Å². The highest BCUT2D eigenvalue weighted by atomic mass is 16.6. The number of nitro groups is 1. The molecule has 9 heteroatoms. The molecule has 0 bridgehead atoms. The minimum atomic E-state index is -1.11. The second kappa shape index (κ2) is 5.85. The molecule has 0 aliphatic carbocycles. The van der Waals surface area contributed by atoms with Gasteiger partial charge in [-0.05, 0) is 19.9 Å². The van der Waals surface area contributed by atoms with Crippen molar-refractivity contribution in [3.05, 3.63) is 56.4 Å². The Morgan fingerprint density at radius 2 is 2.08 bits per heavy atom. The molecule has 0 saturated carbocycles. The lowest BCUT2D eigenvalue weighted by Gasteiger charge is -2.41. The van der Waals surface area contributed by atoms with Gasteiger partial charge in [-0.25, -0.2) is 4.68 Å². The Kier molecular flexibility index (Phi) is 3.96. The quantitative estimate of drug-likeness (QED) is 0.657. The number of aliphatic hydroxyl groups is 1. The molecule has 1 aliphatic rings. The van der Waals surface area contributed by atoms with E-state index in [1.807, 2.05) is 0 Å². The minimum absolute atomic E-state index is 0.112. The number of fused-ring (bicyclic) bond motifs is 1. The van der Waals surface area contributed by atoms with E-state index in [-0.39, 0.29) is 17.1 Å². The van der Waals surface area contributed by atoms with E-state index in [9.17, 15) is 20.0 Å². The molecule has 1 aromatic carbocycles. The second-order valence-electron chi connectivity index (χ2n) is 6.30. The van der Waals surface area contributed by atoms with E-state index in [4.69, 9.17) is 9.47 Å². The van der Waals surface area contributed by atoms with Crippen LogP contribution in [0.3, 0.4) is 0 Å². The lowest BCUT2D eigenvalue weighted by Crippen LogP contribution is -2.50. The fourth-order valence-corrected chi connectivity index (χ4v) is 2.64. The SMILES string of the molecule is Cn1nc(OC2c3cc([N+](=O)[O-])ccc3OC(C)(C)C2O)ccc1=O. The lowest BCUT2D eigenvalue weighted by molar-refractivity contribution is -0.385. The van der Waals surface area contributed by atoms with Crippen molar-refractivity contribution in [2.75, 3.05) is 0 Å². The zero-order valence-corrected chi connectivity index (χ0v) is 13.9. The molecule has 0 amide bonds. The van der Waals surface area contributed by atoms with Crippen LogP contribution in [0, 0.1) is 10.1 Å². The van der Waals surface area contributed by atoms with E-state index < -0.39 is 22.7 Å². The zero-order chi connectivity index (χ0) is 18.4. The van der Waals surface area contributed by atoms with Gasteiger partial charge in [0.15, 0.2) is 6.10 Å². The van der Waals surface area contributed by atoms with Gasteiger partial charge in [0.05, 0.1) is 4.92 Å². The Hall–Kier alpha value is -2.94. The predicted octanol–water partition coefficient (Wildman–Crippen LogP) is 1.34. The van der Waals surface area contributed by atoms with Crippen LogP contribution in [0.5, 0.6) is 11.6 Å². The zero-order valence-electron chi connectivity index (χ0n) is 13.9. The molecule has 2 heterocycles. The number of hydrogen-bond donors (Lipinski definition) is 1. The number of aryl methyl sites for hydroxylation is 1. The molecule has 0 saturated heterocycles. The summed E-state index contributed by atoms with van der Waals surface area (Å²) in [6, 6.07) is 6.78. The Morgan fingerprint density at radius 1 is 1.36 bits per heavy atom. The summed E-state index contributed by atoms with van der Waals surface area (Å²) in [4.78, 5) is 22.0. The average molecular weight is 347 g/mol. The number of rotatable bonds is 3. The Labute approximate surface area is 142 Å². The van der Waals surface area contributed by atoms with Gasteiger partial charge in [-0.2, -0.15) is 0 Å². The highest BCUT2D eigenvalue weighted by Crippen LogP contribution is 2.43. The molecule has 2 aromatic rings. The van der Waals surface area contributed by atoms with E-state index in [1.165, 1.54) is 37.4 Å². The molecular weight excluding hydrogens is 330 g/mol. The molecule has 25 heavy (non-hydrogen) atoms. The van der Waals surface area contributed by atoms with E-state index in [2.05, 4.69) is 5.10 Å². The van der Waals surface area contributed by atoms with Crippen molar-refractivity contribution in [1.82, 2.24) is 9.78 Å². The molecule has 0 spiro atoms. The van der Waals surface area contributed by atoms with Crippen molar-refractivity contribution in [3.8, 4) is 11.6 Å². The molecule has 1 aromatic heterocycles. The van der Waals surface area contributed by atoms with Crippen LogP contribution in [0.4, 0.5) is 5.69 Å². The molecule has 1 N–H and O–H groups in total. The number of aliphatic hydroxyl groups excluding tert-OH is 1. The van der Waals surface area contributed by atoms with Crippen molar-refractivity contribution in [1.29, 1.82) is 0 Å². The summed E-state index contributed by atoms with van der Waals surface area (Å²) in [5.74, 6) is 0.497. The minimum Gasteiger partial charge on any atom is -0.485 e. The second-order valence-corrected chi connectivity index (χ2v) is 6.30. The maximum atomic E-state index is 11.4. The van der Waals surface area contributed by atoms with E-state index in [0.29, 0.717) is 11.3 Å². The van der Waals surface area contributed by atoms with Crippen LogP contribution in [-0.2, 0) is 7.05 Å². The van der Waals surface area contributed by atoms with Gasteiger partial charge in [-0.15, -0.1) is 5.10 Å². The standard InChI is InChI=1S/C16H17N3O6/c1-16(2)15(21)14(24-12-6-7-13(20)18(3)17-12)10-8-9(19(22)23)4-5-11(10)25-16/h4-8,14-15,21H,1-3H3. The van der Waals surface area contributed by atoms with E-state index in [1.54, 1.807) is 13.8 Å². The van der Waals surface area contributed by atoms with Crippen molar-refractivity contribution in [3.63, 3.8) is 0 Å². The Balaban J connectivity index is 2.06. The van der Waals surface area contributed by atoms with Gasteiger partial charge in [0.2, 0.25) is 5.88 Å². The van der Waals surface area contributed by atoms with Crippen LogP contribution in [0.2, 0.25) is 0 Å². The fraction of sp³-hybridized carbons (Fsp3) is 0.375. The number of ether oxygens (including phenoxy) is 2. The first kappa shape index (κ1) is 16.9. The predicted molar refractivity (Wildman–Crippen MR) is 86.7 cm³/mol. The summed E-state index contributed by atoms with van der Waals surface area (Å²) in [7, 11) is 1.47. The molecule has 2 atom stereocenters. The lowest BCUT2D eigenvalue weighted by atomic mass is 9.88. The number of aromatic nitrogens is 2. The molecule has 3 rings (SSSR count). The number of non-ortho nitro benzene ring substituents is 1. The summed E-state index contributed by atoms with van der Waals surface area (Å²) in [5.41, 5.74) is -1.08. The molecule has 9 nitrogen and oxygen atoms in total. The Morgan fingerprint density at radius 3 is 2.72 bits per heavy atom. The van der Waals surface area contributed by atoms with Gasteiger partial charge in [0.1, 0.15) is 17.5 Å². The van der Waals surface area contributed by atoms with Gasteiger partial charge in [-0.3, -0.25) is 14.9 Å². The molecular formula is C16H17N3O6. The molecule has 0 radical (unpaired) electrons. The third kappa shape index (κ3) is 3.05. The van der Waals surface area contributed by atoms with Crippen LogP contribution in [0.15, 0.2) is 35.1 Å². The Bertz CT molecular complexity index is 892. The van der Waals surface area contributed by atoms with Crippen molar-refractivity contribution in [2.24, 2.45) is 7.05 Å². The van der Waals surface area contributed by atoms with Crippen LogP contribution < -0.4 is 15.0 Å². The topological polar surface area (TPSA) is 117 Å². The highest BCUT2D eigenvalue weighted by molar-refractivity contribution is 5.47. The largest absolute Gasteiger partial charge is 0.485 e. The summed E-state index contributed by atoms with van der Waals surface area (Å²) in [5, 5.41) is 25.7. The normalized spacial score (nSPS) is 21.1. The van der Waals surface area contributed by atoms with Gasteiger partial charge in [0.25, 0.3) is 11.2 Å². The summed E-state index contributed by atoms with van der Waals surface area (Å²) < 4.78 is 12.6. The van der Waals surface area contributed by atoms with E-state index in [0.717, 1.165) is 4.68 Å². The number of hydrogen-bond acceptors (Lipinski definition) is 7. The third-order valence-electron chi connectivity index (χ3n) is 4.07. The molecule has 0 fully saturated rings. The smallest absolute Gasteiger partial charge is 0.270 e. The van der Waals surface area contributed by atoms with Gasteiger partial charge in [0, 0.05) is 36.9 Å². The van der Waals surface area contributed by atoms with Gasteiger partial charge >= 0.3 is 0 Å². The monoisotopic (exact) mass is 347 g/mol. The average Bonchev–Trinajstić information content (AvgIpc) is 2.54. The molecule has 2 unspecified atom stereocenters. The van der Waals surface area contributed by atoms with Crippen LogP contribution in [0.25, 0.3) is 0 Å². The van der Waals surface area contributed by atoms with Crippen LogP contribution in [-0.4, -0.2) is 31.5 Å². The maximum absolute atomic E-state index is 11.4. The van der Waals surface area contributed by atoms with Crippen LogP contribution >= 0.6 is 0 Å². The van der Waals surface area contributed by atoms with Crippen molar-refractivity contribution >= 4 is 5.69 Å². The fourth-order valence-electron chi connectivity index (χ4n) is 2.64. The summed E-state index contributed by atoms with van der Waals surface area (Å²) >= 11 is 0. The van der Waals surface area contributed by atoms with Crippen molar-refractivity contribution < 1.29 is 19.5 Å². The maximum Gasteiger partial charge on any atom is 0.270 e. The number of nitrogens with zero attached hydrogens (tertiary/aromatic N) is 3. The van der Waals surface area contributed by atoms with E-state index >= 15 is 0 Å². The molecule has 1 aliphatic heterocycles. The third-order valence-corrected chi connectivity index (χ3v) is 4.07. The summed E-state index contributed by atoms with van der Waals surface area (Å²) in [6.45, 7) is 3.37. The number of nitro benzene ring substituents is 1. The first-order chi connectivity index (χ1) is 11.7. The molecule has 132 valence electrons. The van der Waals surface area contributed by atoms with Gasteiger partial charge < -0.3 is 14.6 Å². The summed E-state index contributed by atoms with van der Waals surface area (Å²) in [6.07, 6.45) is -2.05. The first-order valence-electron chi connectivity index (χ1n) is 7.55. The number of benzene rings is 1.